The molecule has 0 aliphatic heterocycles. The summed E-state index contributed by atoms with van der Waals surface area (Å²) in [6, 6.07) is 16.6. The van der Waals surface area contributed by atoms with E-state index in [1.807, 2.05) is 30.3 Å². The summed E-state index contributed by atoms with van der Waals surface area (Å²) in [7, 11) is 0. The van der Waals surface area contributed by atoms with Crippen LogP contribution in [0, 0.1) is 6.92 Å². The maximum absolute atomic E-state index is 12.5. The topological polar surface area (TPSA) is 109 Å². The molecule has 1 heterocycles. The van der Waals surface area contributed by atoms with E-state index in [9.17, 15) is 19.5 Å². The van der Waals surface area contributed by atoms with Gasteiger partial charge < -0.3 is 10.2 Å². The lowest BCUT2D eigenvalue weighted by Gasteiger charge is -2.11. The molecule has 0 spiro atoms. The zero-order valence-electron chi connectivity index (χ0n) is 14.4. The molecule has 0 amide bonds. The number of hydrogen-bond donors (Lipinski definition) is 2. The molecular weight excluding hydrogens is 348 g/mol. The molecule has 3 rings (SSSR count). The fraction of sp³-hybridized carbons (Fsp3) is 0.100. The van der Waals surface area contributed by atoms with Crippen LogP contribution in [0.3, 0.4) is 0 Å². The second-order valence-corrected chi connectivity index (χ2v) is 5.92. The standard InChI is InChI=1S/C20H16N2O5/c1-12-21-17(20(26)27)18(24)19(25)22(12)11-16(23)15-9-7-14(8-10-15)13-5-3-2-4-6-13/h2-10,24H,11H2,1H3,(H,26,27). The van der Waals surface area contributed by atoms with Crippen molar-refractivity contribution in [2.75, 3.05) is 0 Å². The molecule has 0 fully saturated rings. The van der Waals surface area contributed by atoms with Crippen molar-refractivity contribution in [3.05, 3.63) is 82.0 Å². The summed E-state index contributed by atoms with van der Waals surface area (Å²) >= 11 is 0. The molecule has 2 N–H and O–H groups in total. The third-order valence-electron chi connectivity index (χ3n) is 4.15. The van der Waals surface area contributed by atoms with Crippen LogP contribution in [0.2, 0.25) is 0 Å². The molecule has 7 heteroatoms. The highest BCUT2D eigenvalue weighted by Gasteiger charge is 2.20. The van der Waals surface area contributed by atoms with Gasteiger partial charge in [0.05, 0.1) is 6.54 Å². The van der Waals surface area contributed by atoms with E-state index in [-0.39, 0.29) is 18.2 Å². The number of Topliss-reactive ketones (excluding diaryl/α,β-unsaturated/α-hetero) is 1. The van der Waals surface area contributed by atoms with Crippen molar-refractivity contribution < 1.29 is 19.8 Å². The van der Waals surface area contributed by atoms with Crippen molar-refractivity contribution >= 4 is 11.8 Å². The van der Waals surface area contributed by atoms with Gasteiger partial charge in [0.1, 0.15) is 5.82 Å². The van der Waals surface area contributed by atoms with Gasteiger partial charge in [-0.2, -0.15) is 0 Å². The van der Waals surface area contributed by atoms with Crippen LogP contribution >= 0.6 is 0 Å². The Labute approximate surface area is 154 Å². The lowest BCUT2D eigenvalue weighted by molar-refractivity contribution is 0.0685. The number of aromatic nitrogens is 2. The Morgan fingerprint density at radius 3 is 2.19 bits per heavy atom. The fourth-order valence-corrected chi connectivity index (χ4v) is 2.70. The molecule has 0 saturated carbocycles. The number of ketones is 1. The van der Waals surface area contributed by atoms with Crippen molar-refractivity contribution in [3.63, 3.8) is 0 Å². The van der Waals surface area contributed by atoms with Crippen LogP contribution in [0.15, 0.2) is 59.4 Å². The van der Waals surface area contributed by atoms with Gasteiger partial charge in [0.25, 0.3) is 5.56 Å². The molecule has 0 radical (unpaired) electrons. The Morgan fingerprint density at radius 2 is 1.59 bits per heavy atom. The Balaban J connectivity index is 1.87. The second kappa shape index (κ2) is 7.25. The number of aryl methyl sites for hydroxylation is 1. The monoisotopic (exact) mass is 364 g/mol. The van der Waals surface area contributed by atoms with E-state index in [1.54, 1.807) is 24.3 Å². The van der Waals surface area contributed by atoms with Gasteiger partial charge in [-0.15, -0.1) is 0 Å². The summed E-state index contributed by atoms with van der Waals surface area (Å²) in [6.07, 6.45) is 0. The van der Waals surface area contributed by atoms with E-state index in [1.165, 1.54) is 6.92 Å². The first-order chi connectivity index (χ1) is 12.9. The van der Waals surface area contributed by atoms with Crippen LogP contribution in [-0.2, 0) is 6.54 Å². The molecule has 7 nitrogen and oxygen atoms in total. The Morgan fingerprint density at radius 1 is 1.00 bits per heavy atom. The van der Waals surface area contributed by atoms with Crippen LogP contribution in [-0.4, -0.2) is 31.5 Å². The van der Waals surface area contributed by atoms with Gasteiger partial charge in [-0.25, -0.2) is 9.78 Å². The highest BCUT2D eigenvalue weighted by Crippen LogP contribution is 2.19. The number of carboxylic acid groups (broad SMARTS) is 1. The quantitative estimate of drug-likeness (QED) is 0.673. The number of benzene rings is 2. The highest BCUT2D eigenvalue weighted by atomic mass is 16.4. The molecule has 0 aliphatic carbocycles. The summed E-state index contributed by atoms with van der Waals surface area (Å²) in [6.45, 7) is 1.05. The smallest absolute Gasteiger partial charge is 0.358 e. The minimum atomic E-state index is -1.51. The van der Waals surface area contributed by atoms with E-state index in [4.69, 9.17) is 5.11 Å². The van der Waals surface area contributed by atoms with E-state index in [2.05, 4.69) is 4.98 Å². The van der Waals surface area contributed by atoms with Gasteiger partial charge in [-0.05, 0) is 18.1 Å². The van der Waals surface area contributed by atoms with Crippen molar-refractivity contribution in [3.8, 4) is 16.9 Å². The number of aromatic carboxylic acids is 1. The average Bonchev–Trinajstić information content (AvgIpc) is 2.68. The molecule has 0 aliphatic rings. The molecule has 0 unspecified atom stereocenters. The Kier molecular flexibility index (Phi) is 4.85. The first-order valence-corrected chi connectivity index (χ1v) is 8.11. The third kappa shape index (κ3) is 3.62. The molecule has 0 saturated heterocycles. The van der Waals surface area contributed by atoms with Gasteiger partial charge >= 0.3 is 5.97 Å². The lowest BCUT2D eigenvalue weighted by atomic mass is 10.0. The molecule has 0 bridgehead atoms. The highest BCUT2D eigenvalue weighted by molar-refractivity contribution is 5.96. The van der Waals surface area contributed by atoms with E-state index in [0.29, 0.717) is 5.56 Å². The maximum atomic E-state index is 12.5. The van der Waals surface area contributed by atoms with Gasteiger partial charge in [0, 0.05) is 5.56 Å². The van der Waals surface area contributed by atoms with Crippen LogP contribution in [0.1, 0.15) is 26.7 Å². The normalized spacial score (nSPS) is 10.6. The zero-order chi connectivity index (χ0) is 19.6. The largest absolute Gasteiger partial charge is 0.501 e. The van der Waals surface area contributed by atoms with Crippen LogP contribution in [0.5, 0.6) is 5.75 Å². The molecule has 27 heavy (non-hydrogen) atoms. The Bertz CT molecular complexity index is 1070. The number of hydrogen-bond acceptors (Lipinski definition) is 5. The molecule has 3 aromatic rings. The zero-order valence-corrected chi connectivity index (χ0v) is 14.4. The summed E-state index contributed by atoms with van der Waals surface area (Å²) in [5, 5.41) is 18.7. The Hall–Kier alpha value is -3.74. The average molecular weight is 364 g/mol. The summed E-state index contributed by atoms with van der Waals surface area (Å²) in [4.78, 5) is 39.4. The first kappa shape index (κ1) is 18.1. The van der Waals surface area contributed by atoms with Crippen LogP contribution in [0.25, 0.3) is 11.1 Å². The van der Waals surface area contributed by atoms with Gasteiger partial charge in [0.15, 0.2) is 11.5 Å². The number of carbonyl (C=O) groups excluding carboxylic acids is 1. The van der Waals surface area contributed by atoms with Crippen molar-refractivity contribution in [1.82, 2.24) is 9.55 Å². The number of rotatable bonds is 5. The first-order valence-electron chi connectivity index (χ1n) is 8.11. The number of aromatic hydroxyl groups is 1. The van der Waals surface area contributed by atoms with Gasteiger partial charge in [0.2, 0.25) is 5.75 Å². The predicted octanol–water partition coefficient (Wildman–Crippen LogP) is 2.51. The predicted molar refractivity (Wildman–Crippen MR) is 98.1 cm³/mol. The molecule has 2 aromatic carbocycles. The minimum absolute atomic E-state index is 0.0319. The summed E-state index contributed by atoms with van der Waals surface area (Å²) in [5.74, 6) is -2.82. The molecule has 0 atom stereocenters. The van der Waals surface area contributed by atoms with E-state index in [0.717, 1.165) is 15.7 Å². The minimum Gasteiger partial charge on any atom is -0.501 e. The summed E-state index contributed by atoms with van der Waals surface area (Å²) < 4.78 is 0.954. The van der Waals surface area contributed by atoms with Gasteiger partial charge in [-0.1, -0.05) is 54.6 Å². The SMILES string of the molecule is Cc1nc(C(=O)O)c(O)c(=O)n1CC(=O)c1ccc(-c2ccccc2)cc1. The number of nitrogens with zero attached hydrogens (tertiary/aromatic N) is 2. The van der Waals surface area contributed by atoms with E-state index < -0.39 is 23.0 Å². The van der Waals surface area contributed by atoms with Crippen LogP contribution in [0.4, 0.5) is 0 Å². The van der Waals surface area contributed by atoms with E-state index >= 15 is 0 Å². The lowest BCUT2D eigenvalue weighted by Crippen LogP contribution is -2.29. The van der Waals surface area contributed by atoms with Gasteiger partial charge in [-0.3, -0.25) is 14.2 Å². The number of carboxylic acids is 1. The molecule has 1 aromatic heterocycles. The number of carbonyl (C=O) groups is 2. The second-order valence-electron chi connectivity index (χ2n) is 5.92. The van der Waals surface area contributed by atoms with Crippen molar-refractivity contribution in [1.29, 1.82) is 0 Å². The maximum Gasteiger partial charge on any atom is 0.358 e. The molecular formula is C20H16N2O5. The van der Waals surface area contributed by atoms with Crippen LogP contribution < -0.4 is 5.56 Å². The fourth-order valence-electron chi connectivity index (χ4n) is 2.70. The van der Waals surface area contributed by atoms with Crippen molar-refractivity contribution in [2.45, 2.75) is 13.5 Å². The third-order valence-corrected chi connectivity index (χ3v) is 4.15. The summed E-state index contributed by atoms with van der Waals surface area (Å²) in [5.41, 5.74) is 0.665. The molecule has 136 valence electrons. The van der Waals surface area contributed by atoms with Crippen molar-refractivity contribution in [2.24, 2.45) is 0 Å².